The number of hydrogen-bond acceptors (Lipinski definition) is 4. The van der Waals surface area contributed by atoms with Gasteiger partial charge in [0.2, 0.25) is 5.91 Å². The Kier molecular flexibility index (Phi) is 3.94. The molecule has 2 fully saturated rings. The molecule has 2 rings (SSSR count). The number of hydrogen-bond donors (Lipinski definition) is 1. The van der Waals surface area contributed by atoms with Crippen molar-refractivity contribution >= 4 is 29.4 Å². The number of nitrogens with zero attached hydrogens (tertiary/aromatic N) is 1. The zero-order chi connectivity index (χ0) is 13.3. The minimum absolute atomic E-state index is 0.0201. The monoisotopic (exact) mass is 271 g/mol. The van der Waals surface area contributed by atoms with Crippen molar-refractivity contribution in [3.8, 4) is 0 Å². The van der Waals surface area contributed by atoms with Gasteiger partial charge in [0.1, 0.15) is 17.7 Å². The van der Waals surface area contributed by atoms with E-state index in [1.807, 2.05) is 0 Å². The smallest absolute Gasteiger partial charge is 0.327 e. The number of thioether (sulfide) groups is 1. The van der Waals surface area contributed by atoms with E-state index >= 15 is 0 Å². The molecule has 0 aromatic heterocycles. The lowest BCUT2D eigenvalue weighted by molar-refractivity contribution is -0.164. The maximum absolute atomic E-state index is 11.9. The van der Waals surface area contributed by atoms with Crippen LogP contribution in [0, 0.1) is 5.92 Å². The normalized spacial score (nSPS) is 29.9. The fourth-order valence-corrected chi connectivity index (χ4v) is 4.01. The van der Waals surface area contributed by atoms with E-state index in [9.17, 15) is 14.4 Å². The number of carbonyl (C=O) groups is 3. The van der Waals surface area contributed by atoms with Crippen molar-refractivity contribution in [3.63, 3.8) is 0 Å². The summed E-state index contributed by atoms with van der Waals surface area (Å²) in [6, 6.07) is -0.743. The first kappa shape index (κ1) is 13.4. The summed E-state index contributed by atoms with van der Waals surface area (Å²) in [5, 5.41) is 8.73. The third kappa shape index (κ3) is 2.13. The van der Waals surface area contributed by atoms with Crippen molar-refractivity contribution in [2.45, 2.75) is 44.0 Å². The molecule has 2 saturated heterocycles. The number of unbranched alkanes of at least 4 members (excludes halogenated alkanes) is 2. The number of fused-ring (bicyclic) bond motifs is 1. The summed E-state index contributed by atoms with van der Waals surface area (Å²) in [5.41, 5.74) is 0. The standard InChI is InChI=1S/C12H17NO4S/c1-2-3-4-5-8(14)9-10(15)13-7(12(16)17)6-18-11(9)13/h7,9,11H,2-6H2,1H3,(H,16,17)/t7-,9+,11-/m0/s1. The van der Waals surface area contributed by atoms with Crippen LogP contribution in [0.5, 0.6) is 0 Å². The molecule has 18 heavy (non-hydrogen) atoms. The van der Waals surface area contributed by atoms with Gasteiger partial charge in [0, 0.05) is 12.2 Å². The molecule has 3 atom stereocenters. The lowest BCUT2D eigenvalue weighted by Gasteiger charge is -2.42. The molecule has 0 aromatic rings. The molecule has 0 unspecified atom stereocenters. The number of carboxylic acid groups (broad SMARTS) is 1. The van der Waals surface area contributed by atoms with Crippen molar-refractivity contribution in [1.82, 2.24) is 4.90 Å². The predicted molar refractivity (Wildman–Crippen MR) is 67.2 cm³/mol. The van der Waals surface area contributed by atoms with Gasteiger partial charge in [0.25, 0.3) is 0 Å². The fraction of sp³-hybridized carbons (Fsp3) is 0.750. The van der Waals surface area contributed by atoms with Crippen LogP contribution in [-0.2, 0) is 14.4 Å². The van der Waals surface area contributed by atoms with E-state index in [0.29, 0.717) is 12.2 Å². The SMILES string of the molecule is CCCCCC(=O)[C@@H]1C(=O)N2[C@H](C(=O)O)CS[C@@H]12. The molecule has 2 aliphatic rings. The van der Waals surface area contributed by atoms with Gasteiger partial charge >= 0.3 is 5.97 Å². The molecule has 5 nitrogen and oxygen atoms in total. The Labute approximate surface area is 110 Å². The summed E-state index contributed by atoms with van der Waals surface area (Å²) >= 11 is 1.41. The van der Waals surface area contributed by atoms with E-state index in [4.69, 9.17) is 5.11 Å². The molecule has 0 radical (unpaired) electrons. The van der Waals surface area contributed by atoms with Crippen LogP contribution in [0.15, 0.2) is 0 Å². The minimum atomic E-state index is -0.977. The van der Waals surface area contributed by atoms with E-state index in [-0.39, 0.29) is 17.1 Å². The van der Waals surface area contributed by atoms with Crippen LogP contribution >= 0.6 is 11.8 Å². The van der Waals surface area contributed by atoms with E-state index < -0.39 is 17.9 Å². The molecule has 1 amide bonds. The first-order valence-electron chi connectivity index (χ1n) is 6.27. The Morgan fingerprint density at radius 3 is 2.78 bits per heavy atom. The molecule has 0 spiro atoms. The van der Waals surface area contributed by atoms with Gasteiger partial charge in [-0.3, -0.25) is 9.59 Å². The average Bonchev–Trinajstić information content (AvgIpc) is 2.69. The van der Waals surface area contributed by atoms with Crippen LogP contribution in [0.2, 0.25) is 0 Å². The number of carboxylic acids is 1. The van der Waals surface area contributed by atoms with Crippen molar-refractivity contribution < 1.29 is 19.5 Å². The first-order chi connectivity index (χ1) is 8.57. The Morgan fingerprint density at radius 1 is 1.44 bits per heavy atom. The first-order valence-corrected chi connectivity index (χ1v) is 7.32. The lowest BCUT2D eigenvalue weighted by Crippen LogP contribution is -2.63. The van der Waals surface area contributed by atoms with Crippen molar-refractivity contribution in [3.05, 3.63) is 0 Å². The predicted octanol–water partition coefficient (Wildman–Crippen LogP) is 1.12. The molecule has 100 valence electrons. The molecular formula is C12H17NO4S. The number of amides is 1. The Hall–Kier alpha value is -1.04. The minimum Gasteiger partial charge on any atom is -0.480 e. The average molecular weight is 271 g/mol. The van der Waals surface area contributed by atoms with Gasteiger partial charge in [0.05, 0.1) is 5.37 Å². The van der Waals surface area contributed by atoms with Gasteiger partial charge in [-0.05, 0) is 6.42 Å². The zero-order valence-corrected chi connectivity index (χ0v) is 11.1. The third-order valence-corrected chi connectivity index (χ3v) is 4.85. The van der Waals surface area contributed by atoms with E-state index in [2.05, 4.69) is 6.92 Å². The molecule has 0 bridgehead atoms. The van der Waals surface area contributed by atoms with Crippen LogP contribution < -0.4 is 0 Å². The van der Waals surface area contributed by atoms with E-state index in [0.717, 1.165) is 19.3 Å². The van der Waals surface area contributed by atoms with Crippen molar-refractivity contribution in [2.24, 2.45) is 5.92 Å². The second kappa shape index (κ2) is 5.30. The van der Waals surface area contributed by atoms with Gasteiger partial charge in [0.15, 0.2) is 0 Å². The number of β-lactam (4-membered cyclic amide) rings is 1. The maximum Gasteiger partial charge on any atom is 0.327 e. The molecule has 0 saturated carbocycles. The summed E-state index contributed by atoms with van der Waals surface area (Å²) in [7, 11) is 0. The van der Waals surface area contributed by atoms with Crippen molar-refractivity contribution in [1.29, 1.82) is 0 Å². The number of aliphatic carboxylic acids is 1. The second-order valence-corrected chi connectivity index (χ2v) is 5.87. The molecule has 0 aliphatic carbocycles. The highest BCUT2D eigenvalue weighted by Gasteiger charge is 2.58. The molecule has 2 heterocycles. The lowest BCUT2D eigenvalue weighted by atomic mass is 9.89. The zero-order valence-electron chi connectivity index (χ0n) is 10.3. The van der Waals surface area contributed by atoms with E-state index in [1.165, 1.54) is 16.7 Å². The molecule has 6 heteroatoms. The topological polar surface area (TPSA) is 74.7 Å². The summed E-state index contributed by atoms with van der Waals surface area (Å²) in [4.78, 5) is 36.1. The van der Waals surface area contributed by atoms with Gasteiger partial charge in [-0.2, -0.15) is 0 Å². The van der Waals surface area contributed by atoms with Gasteiger partial charge in [-0.15, -0.1) is 11.8 Å². The van der Waals surface area contributed by atoms with Gasteiger partial charge < -0.3 is 10.0 Å². The van der Waals surface area contributed by atoms with Crippen LogP contribution in [-0.4, -0.2) is 44.8 Å². The van der Waals surface area contributed by atoms with Gasteiger partial charge in [-0.25, -0.2) is 4.79 Å². The highest BCUT2D eigenvalue weighted by atomic mass is 32.2. The summed E-state index contributed by atoms with van der Waals surface area (Å²) in [6.45, 7) is 2.06. The van der Waals surface area contributed by atoms with Crippen molar-refractivity contribution in [2.75, 3.05) is 5.75 Å². The Balaban J connectivity index is 1.93. The fourth-order valence-electron chi connectivity index (χ4n) is 2.46. The number of Topliss-reactive ketones (excluding diaryl/α,β-unsaturated/α-hetero) is 1. The summed E-state index contributed by atoms with van der Waals surface area (Å²) < 4.78 is 0. The Morgan fingerprint density at radius 2 is 2.17 bits per heavy atom. The third-order valence-electron chi connectivity index (χ3n) is 3.50. The highest BCUT2D eigenvalue weighted by Crippen LogP contribution is 2.44. The molecule has 0 aromatic carbocycles. The van der Waals surface area contributed by atoms with E-state index in [1.54, 1.807) is 0 Å². The Bertz CT molecular complexity index is 384. The van der Waals surface area contributed by atoms with Gasteiger partial charge in [-0.1, -0.05) is 19.8 Å². The number of carbonyl (C=O) groups excluding carboxylic acids is 2. The largest absolute Gasteiger partial charge is 0.480 e. The van der Waals surface area contributed by atoms with Crippen LogP contribution in [0.1, 0.15) is 32.6 Å². The van der Waals surface area contributed by atoms with Crippen LogP contribution in [0.4, 0.5) is 0 Å². The number of ketones is 1. The van der Waals surface area contributed by atoms with Crippen LogP contribution in [0.25, 0.3) is 0 Å². The van der Waals surface area contributed by atoms with Crippen LogP contribution in [0.3, 0.4) is 0 Å². The molecular weight excluding hydrogens is 254 g/mol. The highest BCUT2D eigenvalue weighted by molar-refractivity contribution is 8.00. The quantitative estimate of drug-likeness (QED) is 0.445. The maximum atomic E-state index is 11.9. The molecule has 1 N–H and O–H groups in total. The number of rotatable bonds is 6. The molecule has 2 aliphatic heterocycles. The second-order valence-electron chi connectivity index (χ2n) is 4.72. The summed E-state index contributed by atoms with van der Waals surface area (Å²) in [6.07, 6.45) is 3.29. The summed E-state index contributed by atoms with van der Waals surface area (Å²) in [5.74, 6) is -1.48.